The molecule has 0 spiro atoms. The van der Waals surface area contributed by atoms with Crippen LogP contribution in [0.15, 0.2) is 80.6 Å². The normalized spacial score (nSPS) is 12.6. The topological polar surface area (TPSA) is 137 Å². The van der Waals surface area contributed by atoms with Crippen LogP contribution < -0.4 is 5.56 Å². The van der Waals surface area contributed by atoms with E-state index in [0.29, 0.717) is 11.4 Å². The molecule has 170 valence electrons. The number of nitrogens with one attached hydrogen (secondary N) is 1. The first-order chi connectivity index (χ1) is 15.5. The molecule has 9 nitrogen and oxygen atoms in total. The number of azo groups is 1. The number of aromatic hydroxyl groups is 1. The van der Waals surface area contributed by atoms with Crippen LogP contribution in [0.5, 0.6) is 5.75 Å². The molecule has 0 radical (unpaired) electrons. The smallest absolute Gasteiger partial charge is 0.299 e. The molecule has 0 saturated heterocycles. The number of aromatic amines is 1. The number of hydrogen-bond acceptors (Lipinski definition) is 6. The average molecular weight is 467 g/mol. The number of nitrogens with zero attached hydrogens (tertiary/aromatic N) is 3. The Kier molecular flexibility index (Phi) is 5.43. The van der Waals surface area contributed by atoms with Gasteiger partial charge in [-0.1, -0.05) is 63.2 Å². The fourth-order valence-electron chi connectivity index (χ4n) is 3.53. The maximum atomic E-state index is 13.2. The summed E-state index contributed by atoms with van der Waals surface area (Å²) in [5, 5.41) is 22.3. The Bertz CT molecular complexity index is 1550. The van der Waals surface area contributed by atoms with E-state index in [1.165, 1.54) is 10.7 Å². The van der Waals surface area contributed by atoms with Crippen LogP contribution in [0.4, 0.5) is 11.4 Å². The zero-order chi connectivity index (χ0) is 24.0. The van der Waals surface area contributed by atoms with Gasteiger partial charge in [0.05, 0.1) is 11.4 Å². The molecule has 0 saturated carbocycles. The van der Waals surface area contributed by atoms with Crippen LogP contribution in [0, 0.1) is 0 Å². The van der Waals surface area contributed by atoms with E-state index in [-0.39, 0.29) is 22.1 Å². The summed E-state index contributed by atoms with van der Waals surface area (Å²) in [6.45, 7) is 5.75. The minimum Gasteiger partial charge on any atom is -0.506 e. The predicted octanol–water partition coefficient (Wildman–Crippen LogP) is 4.98. The van der Waals surface area contributed by atoms with Gasteiger partial charge in [0.1, 0.15) is 16.3 Å². The lowest BCUT2D eigenvalue weighted by atomic mass is 9.91. The minimum absolute atomic E-state index is 0.0234. The van der Waals surface area contributed by atoms with Crippen molar-refractivity contribution in [3.05, 3.63) is 76.7 Å². The summed E-state index contributed by atoms with van der Waals surface area (Å²) in [7, 11) is -4.59. The van der Waals surface area contributed by atoms with E-state index in [1.54, 1.807) is 30.3 Å². The molecule has 0 fully saturated rings. The van der Waals surface area contributed by atoms with E-state index in [4.69, 9.17) is 0 Å². The maximum absolute atomic E-state index is 13.2. The van der Waals surface area contributed by atoms with Gasteiger partial charge in [-0.3, -0.25) is 14.4 Å². The largest absolute Gasteiger partial charge is 0.506 e. The molecule has 1 heterocycles. The number of para-hydroxylation sites is 1. The van der Waals surface area contributed by atoms with Gasteiger partial charge in [0.25, 0.3) is 15.7 Å². The molecule has 0 aliphatic carbocycles. The molecule has 3 aromatic carbocycles. The van der Waals surface area contributed by atoms with Crippen LogP contribution in [0.3, 0.4) is 0 Å². The molecule has 0 bridgehead atoms. The lowest BCUT2D eigenvalue weighted by Crippen LogP contribution is -2.14. The van der Waals surface area contributed by atoms with E-state index in [0.717, 1.165) is 6.07 Å². The molecule has 0 aliphatic heterocycles. The van der Waals surface area contributed by atoms with Gasteiger partial charge in [-0.2, -0.15) is 8.42 Å². The molecule has 0 unspecified atom stereocenters. The van der Waals surface area contributed by atoms with Crippen molar-refractivity contribution in [2.75, 3.05) is 0 Å². The first kappa shape index (κ1) is 22.4. The van der Waals surface area contributed by atoms with Crippen LogP contribution >= 0.6 is 0 Å². The van der Waals surface area contributed by atoms with E-state index < -0.39 is 31.7 Å². The molecule has 4 rings (SSSR count). The van der Waals surface area contributed by atoms with Crippen molar-refractivity contribution >= 4 is 32.3 Å². The number of phenols is 1. The van der Waals surface area contributed by atoms with Gasteiger partial charge in [-0.05, 0) is 12.1 Å². The second-order valence-electron chi connectivity index (χ2n) is 8.52. The van der Waals surface area contributed by atoms with Crippen molar-refractivity contribution < 1.29 is 18.1 Å². The summed E-state index contributed by atoms with van der Waals surface area (Å²) in [5.74, 6) is -0.499. The molecule has 1 aromatic heterocycles. The first-order valence-electron chi connectivity index (χ1n) is 10.0. The summed E-state index contributed by atoms with van der Waals surface area (Å²) < 4.78 is 34.4. The summed E-state index contributed by atoms with van der Waals surface area (Å²) in [5.41, 5.74) is 0.303. The number of rotatable bonds is 4. The fourth-order valence-corrected chi connectivity index (χ4v) is 4.25. The Hall–Kier alpha value is -3.76. The summed E-state index contributed by atoms with van der Waals surface area (Å²) in [6, 6.07) is 16.2. The first-order valence-corrected chi connectivity index (χ1v) is 11.5. The molecule has 3 N–H and O–H groups in total. The van der Waals surface area contributed by atoms with Crippen molar-refractivity contribution in [3.63, 3.8) is 0 Å². The fraction of sp³-hybridized carbons (Fsp3) is 0.174. The van der Waals surface area contributed by atoms with Crippen LogP contribution in [0.1, 0.15) is 26.5 Å². The molecule has 4 aromatic rings. The third-order valence-electron chi connectivity index (χ3n) is 5.12. The van der Waals surface area contributed by atoms with E-state index >= 15 is 0 Å². The Balaban J connectivity index is 1.93. The Morgan fingerprint density at radius 2 is 1.48 bits per heavy atom. The van der Waals surface area contributed by atoms with Crippen LogP contribution in [-0.2, 0) is 15.5 Å². The third kappa shape index (κ3) is 4.18. The molecule has 0 atom stereocenters. The number of H-pyrrole nitrogens is 1. The average Bonchev–Trinajstić information content (AvgIpc) is 3.09. The second kappa shape index (κ2) is 7.98. The Morgan fingerprint density at radius 3 is 2.09 bits per heavy atom. The number of phenolic OH excluding ortho intramolecular Hbond substituents is 1. The monoisotopic (exact) mass is 466 g/mol. The number of aromatic nitrogens is 2. The second-order valence-corrected chi connectivity index (χ2v) is 9.91. The molecular weight excluding hydrogens is 444 g/mol. The highest BCUT2D eigenvalue weighted by molar-refractivity contribution is 7.86. The van der Waals surface area contributed by atoms with Gasteiger partial charge in [0.2, 0.25) is 0 Å². The highest BCUT2D eigenvalue weighted by Gasteiger charge is 2.26. The van der Waals surface area contributed by atoms with Gasteiger partial charge in [-0.25, -0.2) is 4.68 Å². The van der Waals surface area contributed by atoms with Crippen molar-refractivity contribution in [1.29, 1.82) is 0 Å². The lowest BCUT2D eigenvalue weighted by molar-refractivity contribution is 0.468. The van der Waals surface area contributed by atoms with Crippen LogP contribution in [0.25, 0.3) is 16.5 Å². The molecule has 0 amide bonds. The van der Waals surface area contributed by atoms with Crippen molar-refractivity contribution in [2.45, 2.75) is 31.1 Å². The molecule has 33 heavy (non-hydrogen) atoms. The minimum atomic E-state index is -4.59. The maximum Gasteiger partial charge on any atom is 0.299 e. The van der Waals surface area contributed by atoms with Crippen molar-refractivity contribution in [1.82, 2.24) is 9.78 Å². The highest BCUT2D eigenvalue weighted by atomic mass is 32.2. The summed E-state index contributed by atoms with van der Waals surface area (Å²) in [4.78, 5) is 12.7. The van der Waals surface area contributed by atoms with Gasteiger partial charge < -0.3 is 5.11 Å². The number of fused-ring (bicyclic) bond motifs is 1. The molecule has 0 aliphatic rings. The van der Waals surface area contributed by atoms with E-state index in [1.807, 2.05) is 39.0 Å². The highest BCUT2D eigenvalue weighted by Crippen LogP contribution is 2.40. The van der Waals surface area contributed by atoms with E-state index in [9.17, 15) is 22.9 Å². The van der Waals surface area contributed by atoms with E-state index in [2.05, 4.69) is 15.3 Å². The summed E-state index contributed by atoms with van der Waals surface area (Å²) in [6.07, 6.45) is 0. The quantitative estimate of drug-likeness (QED) is 0.288. The lowest BCUT2D eigenvalue weighted by Gasteiger charge is -2.16. The predicted molar refractivity (Wildman–Crippen MR) is 125 cm³/mol. The zero-order valence-electron chi connectivity index (χ0n) is 18.1. The third-order valence-corrected chi connectivity index (χ3v) is 6.01. The Morgan fingerprint density at radius 1 is 0.909 bits per heavy atom. The van der Waals surface area contributed by atoms with Crippen LogP contribution in [0.2, 0.25) is 0 Å². The SMILES string of the molecule is CC(C)(C)c1[nH]n(-c2ccccc2)c(=O)c1N=Nc1c(O)cc(S(=O)(=O)O)c2ccccc12. The van der Waals surface area contributed by atoms with Gasteiger partial charge in [-0.15, -0.1) is 10.2 Å². The standard InChI is InChI=1S/C23H22N4O5S/c1-23(2,3)21-20(22(29)27(26-21)14-9-5-4-6-10-14)25-24-19-16-12-8-7-11-15(16)18(13-17(19)28)33(30,31)32/h4-13,26,28H,1-3H3,(H,30,31,32). The number of hydrogen-bond donors (Lipinski definition) is 3. The van der Waals surface area contributed by atoms with Gasteiger partial charge in [0, 0.05) is 22.3 Å². The Labute approximate surface area is 189 Å². The summed E-state index contributed by atoms with van der Waals surface area (Å²) >= 11 is 0. The van der Waals surface area contributed by atoms with Crippen molar-refractivity contribution in [2.24, 2.45) is 10.2 Å². The van der Waals surface area contributed by atoms with Gasteiger partial charge in [0.15, 0.2) is 5.69 Å². The number of benzene rings is 3. The van der Waals surface area contributed by atoms with Gasteiger partial charge >= 0.3 is 0 Å². The molecular formula is C23H22N4O5S. The molecule has 10 heteroatoms. The van der Waals surface area contributed by atoms with Crippen molar-refractivity contribution in [3.8, 4) is 11.4 Å². The van der Waals surface area contributed by atoms with Crippen LogP contribution in [-0.4, -0.2) is 27.9 Å². The zero-order valence-corrected chi connectivity index (χ0v) is 19.0.